The molecule has 1 heterocycles. The van der Waals surface area contributed by atoms with Gasteiger partial charge in [-0.3, -0.25) is 9.89 Å². The van der Waals surface area contributed by atoms with E-state index in [2.05, 4.69) is 57.6 Å². The van der Waals surface area contributed by atoms with Crippen molar-refractivity contribution in [1.82, 2.24) is 4.90 Å². The SMILES string of the molecule is CC(C)(C)N=CC1CN1C(C)(C)C. The summed E-state index contributed by atoms with van der Waals surface area (Å²) < 4.78 is 0. The maximum absolute atomic E-state index is 4.52. The van der Waals surface area contributed by atoms with Gasteiger partial charge < -0.3 is 0 Å². The Hall–Kier alpha value is -0.370. The van der Waals surface area contributed by atoms with E-state index in [0.29, 0.717) is 11.6 Å². The van der Waals surface area contributed by atoms with E-state index < -0.39 is 0 Å². The van der Waals surface area contributed by atoms with Gasteiger partial charge in [0.15, 0.2) is 0 Å². The summed E-state index contributed by atoms with van der Waals surface area (Å²) in [4.78, 5) is 6.96. The van der Waals surface area contributed by atoms with Crippen LogP contribution in [0.2, 0.25) is 0 Å². The molecule has 1 rings (SSSR count). The standard InChI is InChI=1S/C11H22N2/c1-10(2,3)12-7-9-8-13(9)11(4,5)6/h7,9H,8H2,1-6H3. The number of hydrogen-bond acceptors (Lipinski definition) is 2. The van der Waals surface area contributed by atoms with Crippen LogP contribution in [0.5, 0.6) is 0 Å². The average molecular weight is 182 g/mol. The monoisotopic (exact) mass is 182 g/mol. The fourth-order valence-electron chi connectivity index (χ4n) is 1.36. The second-order valence-electron chi connectivity index (χ2n) is 5.84. The molecule has 2 nitrogen and oxygen atoms in total. The first-order valence-electron chi connectivity index (χ1n) is 5.02. The zero-order valence-electron chi connectivity index (χ0n) is 9.76. The highest BCUT2D eigenvalue weighted by Gasteiger charge is 2.40. The molecule has 0 aliphatic carbocycles. The molecular weight excluding hydrogens is 160 g/mol. The third-order valence-electron chi connectivity index (χ3n) is 2.15. The van der Waals surface area contributed by atoms with E-state index in [1.54, 1.807) is 0 Å². The van der Waals surface area contributed by atoms with Crippen molar-refractivity contribution in [2.75, 3.05) is 6.54 Å². The van der Waals surface area contributed by atoms with Gasteiger partial charge in [0.1, 0.15) is 0 Å². The van der Waals surface area contributed by atoms with Gasteiger partial charge in [-0.25, -0.2) is 0 Å². The number of nitrogens with zero attached hydrogens (tertiary/aromatic N) is 2. The van der Waals surface area contributed by atoms with Gasteiger partial charge in [0, 0.05) is 18.3 Å². The van der Waals surface area contributed by atoms with Gasteiger partial charge in [0.2, 0.25) is 0 Å². The molecule has 76 valence electrons. The molecule has 2 unspecified atom stereocenters. The lowest BCUT2D eigenvalue weighted by molar-refractivity contribution is 0.301. The van der Waals surface area contributed by atoms with Crippen LogP contribution in [0.3, 0.4) is 0 Å². The van der Waals surface area contributed by atoms with Crippen LogP contribution in [0.15, 0.2) is 4.99 Å². The van der Waals surface area contributed by atoms with Crippen LogP contribution >= 0.6 is 0 Å². The van der Waals surface area contributed by atoms with Crippen molar-refractivity contribution in [3.63, 3.8) is 0 Å². The van der Waals surface area contributed by atoms with Crippen molar-refractivity contribution in [2.24, 2.45) is 4.99 Å². The summed E-state index contributed by atoms with van der Waals surface area (Å²) >= 11 is 0. The normalized spacial score (nSPS) is 29.7. The first kappa shape index (κ1) is 10.7. The van der Waals surface area contributed by atoms with Crippen LogP contribution in [0.1, 0.15) is 41.5 Å². The summed E-state index contributed by atoms with van der Waals surface area (Å²) in [5.41, 5.74) is 0.376. The molecule has 1 aliphatic rings. The Labute approximate surface area is 82.0 Å². The van der Waals surface area contributed by atoms with Crippen LogP contribution in [0.25, 0.3) is 0 Å². The maximum atomic E-state index is 4.52. The zero-order chi connectivity index (χ0) is 10.3. The van der Waals surface area contributed by atoms with Gasteiger partial charge >= 0.3 is 0 Å². The topological polar surface area (TPSA) is 15.4 Å². The van der Waals surface area contributed by atoms with E-state index in [1.807, 2.05) is 0 Å². The number of hydrogen-bond donors (Lipinski definition) is 0. The molecule has 1 aliphatic heterocycles. The fourth-order valence-corrected chi connectivity index (χ4v) is 1.36. The molecule has 0 spiro atoms. The lowest BCUT2D eigenvalue weighted by Gasteiger charge is -2.20. The van der Waals surface area contributed by atoms with Crippen molar-refractivity contribution in [1.29, 1.82) is 0 Å². The van der Waals surface area contributed by atoms with E-state index in [-0.39, 0.29) is 5.54 Å². The Kier molecular flexibility index (Phi) is 2.54. The summed E-state index contributed by atoms with van der Waals surface area (Å²) in [6, 6.07) is 0.583. The molecule has 0 aromatic heterocycles. The molecule has 0 bridgehead atoms. The first-order chi connectivity index (χ1) is 5.70. The van der Waals surface area contributed by atoms with Gasteiger partial charge in [0.25, 0.3) is 0 Å². The van der Waals surface area contributed by atoms with Crippen LogP contribution in [-0.4, -0.2) is 34.8 Å². The first-order valence-corrected chi connectivity index (χ1v) is 5.02. The molecule has 13 heavy (non-hydrogen) atoms. The Bertz CT molecular complexity index is 205. The summed E-state index contributed by atoms with van der Waals surface area (Å²) in [7, 11) is 0. The van der Waals surface area contributed by atoms with Gasteiger partial charge in [-0.2, -0.15) is 0 Å². The van der Waals surface area contributed by atoms with Crippen LogP contribution < -0.4 is 0 Å². The largest absolute Gasteiger partial charge is 0.290 e. The van der Waals surface area contributed by atoms with Gasteiger partial charge in [-0.1, -0.05) is 0 Å². The number of rotatable bonds is 1. The predicted molar refractivity (Wildman–Crippen MR) is 58.5 cm³/mol. The van der Waals surface area contributed by atoms with Gasteiger partial charge in [-0.15, -0.1) is 0 Å². The van der Waals surface area contributed by atoms with Crippen molar-refractivity contribution in [3.05, 3.63) is 0 Å². The van der Waals surface area contributed by atoms with Crippen molar-refractivity contribution >= 4 is 6.21 Å². The Morgan fingerprint density at radius 1 is 1.15 bits per heavy atom. The summed E-state index contributed by atoms with van der Waals surface area (Å²) in [5, 5.41) is 0. The van der Waals surface area contributed by atoms with E-state index in [4.69, 9.17) is 0 Å². The molecule has 2 heteroatoms. The molecule has 2 atom stereocenters. The van der Waals surface area contributed by atoms with Crippen LogP contribution in [-0.2, 0) is 0 Å². The molecule has 0 amide bonds. The smallest absolute Gasteiger partial charge is 0.0580 e. The third kappa shape index (κ3) is 3.47. The minimum Gasteiger partial charge on any atom is -0.290 e. The fraction of sp³-hybridized carbons (Fsp3) is 0.909. The molecule has 0 radical (unpaired) electrons. The van der Waals surface area contributed by atoms with Gasteiger partial charge in [-0.05, 0) is 41.5 Å². The van der Waals surface area contributed by atoms with Crippen molar-refractivity contribution < 1.29 is 0 Å². The lowest BCUT2D eigenvalue weighted by atomic mass is 10.1. The molecular formula is C11H22N2. The van der Waals surface area contributed by atoms with E-state index in [1.165, 1.54) is 6.54 Å². The minimum atomic E-state index is 0.0755. The zero-order valence-corrected chi connectivity index (χ0v) is 9.76. The van der Waals surface area contributed by atoms with Crippen molar-refractivity contribution in [2.45, 2.75) is 58.7 Å². The van der Waals surface area contributed by atoms with Crippen LogP contribution in [0.4, 0.5) is 0 Å². The molecule has 0 saturated carbocycles. The van der Waals surface area contributed by atoms with E-state index >= 15 is 0 Å². The lowest BCUT2D eigenvalue weighted by Crippen LogP contribution is -2.28. The molecule has 0 aromatic carbocycles. The molecule has 1 saturated heterocycles. The molecule has 0 aromatic rings. The van der Waals surface area contributed by atoms with E-state index in [9.17, 15) is 0 Å². The average Bonchev–Trinajstić information content (AvgIpc) is 2.57. The highest BCUT2D eigenvalue weighted by Crippen LogP contribution is 2.27. The highest BCUT2D eigenvalue weighted by molar-refractivity contribution is 5.69. The Morgan fingerprint density at radius 2 is 1.69 bits per heavy atom. The van der Waals surface area contributed by atoms with Crippen LogP contribution in [0, 0.1) is 0 Å². The second kappa shape index (κ2) is 3.09. The Morgan fingerprint density at radius 3 is 2.00 bits per heavy atom. The van der Waals surface area contributed by atoms with Gasteiger partial charge in [0.05, 0.1) is 11.6 Å². The number of aliphatic imine (C=N–C) groups is 1. The molecule has 0 N–H and O–H groups in total. The van der Waals surface area contributed by atoms with E-state index in [0.717, 1.165) is 0 Å². The summed E-state index contributed by atoms with van der Waals surface area (Å²) in [5.74, 6) is 0. The third-order valence-corrected chi connectivity index (χ3v) is 2.15. The summed E-state index contributed by atoms with van der Waals surface area (Å²) in [6.45, 7) is 14.3. The summed E-state index contributed by atoms with van der Waals surface area (Å²) in [6.07, 6.45) is 2.10. The molecule has 1 fully saturated rings. The van der Waals surface area contributed by atoms with Crippen molar-refractivity contribution in [3.8, 4) is 0 Å². The highest BCUT2D eigenvalue weighted by atomic mass is 15.4. The maximum Gasteiger partial charge on any atom is 0.0580 e. The Balaban J connectivity index is 2.41. The predicted octanol–water partition coefficient (Wildman–Crippen LogP) is 2.34. The quantitative estimate of drug-likeness (QED) is 0.449. The minimum absolute atomic E-state index is 0.0755. The second-order valence-corrected chi connectivity index (χ2v) is 5.84.